The number of carbonyl (C=O) groups is 2. The number of ketones is 2. The highest BCUT2D eigenvalue weighted by Crippen LogP contribution is 2.31. The Morgan fingerprint density at radius 1 is 0.947 bits per heavy atom. The van der Waals surface area contributed by atoms with Gasteiger partial charge in [-0.25, -0.2) is 9.97 Å². The van der Waals surface area contributed by atoms with Crippen LogP contribution in [0.4, 0.5) is 0 Å². The van der Waals surface area contributed by atoms with Crippen LogP contribution in [0.25, 0.3) is 17.2 Å². The van der Waals surface area contributed by atoms with Crippen molar-refractivity contribution in [3.05, 3.63) is 48.0 Å². The zero-order chi connectivity index (χ0) is 13.0. The normalized spacial score (nSPS) is 13.5. The van der Waals surface area contributed by atoms with Crippen LogP contribution in [0, 0.1) is 0 Å². The third-order valence-electron chi connectivity index (χ3n) is 3.10. The molecule has 0 aliphatic heterocycles. The summed E-state index contributed by atoms with van der Waals surface area (Å²) in [7, 11) is 0. The summed E-state index contributed by atoms with van der Waals surface area (Å²) in [5.74, 6) is -0.746. The Morgan fingerprint density at radius 3 is 2.68 bits per heavy atom. The SMILES string of the molecule is O=C1C(=O)c2c(nc3ncccn23)-c2ncccc21. The highest BCUT2D eigenvalue weighted by molar-refractivity contribution is 6.52. The Morgan fingerprint density at radius 2 is 1.79 bits per heavy atom. The minimum absolute atomic E-state index is 0.235. The largest absolute Gasteiger partial charge is 0.285 e. The zero-order valence-electron chi connectivity index (χ0n) is 9.57. The topological polar surface area (TPSA) is 77.2 Å². The first kappa shape index (κ1) is 10.1. The second-order valence-electron chi connectivity index (χ2n) is 4.16. The van der Waals surface area contributed by atoms with Crippen LogP contribution in [0.1, 0.15) is 20.8 Å². The predicted octanol–water partition coefficient (Wildman–Crippen LogP) is 1.17. The van der Waals surface area contributed by atoms with E-state index in [-0.39, 0.29) is 5.69 Å². The molecule has 0 aromatic carbocycles. The Balaban J connectivity index is 2.20. The van der Waals surface area contributed by atoms with E-state index in [1.54, 1.807) is 36.8 Å². The molecule has 0 amide bonds. The number of Topliss-reactive ketones (excluding diaryl/α,β-unsaturated/α-hetero) is 2. The van der Waals surface area contributed by atoms with E-state index in [4.69, 9.17) is 0 Å². The van der Waals surface area contributed by atoms with Gasteiger partial charge in [-0.2, -0.15) is 0 Å². The fourth-order valence-corrected chi connectivity index (χ4v) is 2.28. The number of nitrogens with zero attached hydrogens (tertiary/aromatic N) is 4. The number of pyridine rings is 1. The molecule has 6 heteroatoms. The molecule has 0 bridgehead atoms. The number of fused-ring (bicyclic) bond motifs is 5. The van der Waals surface area contributed by atoms with E-state index in [9.17, 15) is 9.59 Å². The molecule has 0 fully saturated rings. The van der Waals surface area contributed by atoms with Crippen LogP contribution in [-0.4, -0.2) is 30.9 Å². The van der Waals surface area contributed by atoms with Crippen molar-refractivity contribution in [3.8, 4) is 11.4 Å². The number of imidazole rings is 1. The van der Waals surface area contributed by atoms with E-state index >= 15 is 0 Å². The van der Waals surface area contributed by atoms with Gasteiger partial charge >= 0.3 is 0 Å². The molecule has 0 saturated carbocycles. The molecule has 19 heavy (non-hydrogen) atoms. The number of carbonyl (C=O) groups excluding carboxylic acids is 2. The molecule has 6 nitrogen and oxygen atoms in total. The predicted molar refractivity (Wildman–Crippen MR) is 64.9 cm³/mol. The van der Waals surface area contributed by atoms with Crippen molar-refractivity contribution >= 4 is 17.3 Å². The Kier molecular flexibility index (Phi) is 1.76. The quantitative estimate of drug-likeness (QED) is 0.560. The third kappa shape index (κ3) is 1.17. The summed E-state index contributed by atoms with van der Waals surface area (Å²) in [6.45, 7) is 0. The molecule has 90 valence electrons. The minimum atomic E-state index is -0.573. The van der Waals surface area contributed by atoms with E-state index in [2.05, 4.69) is 15.0 Å². The maximum absolute atomic E-state index is 12.2. The van der Waals surface area contributed by atoms with E-state index in [0.29, 0.717) is 22.7 Å². The van der Waals surface area contributed by atoms with Crippen molar-refractivity contribution in [2.24, 2.45) is 0 Å². The van der Waals surface area contributed by atoms with Gasteiger partial charge in [-0.05, 0) is 18.2 Å². The van der Waals surface area contributed by atoms with Gasteiger partial charge in [0.2, 0.25) is 11.6 Å². The van der Waals surface area contributed by atoms with E-state index in [1.165, 1.54) is 4.40 Å². The molecule has 3 aromatic rings. The Bertz CT molecular complexity index is 866. The van der Waals surface area contributed by atoms with Crippen LogP contribution >= 0.6 is 0 Å². The second kappa shape index (κ2) is 3.32. The van der Waals surface area contributed by atoms with Crippen LogP contribution in [-0.2, 0) is 0 Å². The lowest BCUT2D eigenvalue weighted by Crippen LogP contribution is -2.23. The highest BCUT2D eigenvalue weighted by atomic mass is 16.2. The number of aromatic nitrogens is 4. The molecule has 3 heterocycles. The summed E-state index contributed by atoms with van der Waals surface area (Å²) in [6.07, 6.45) is 4.82. The van der Waals surface area contributed by atoms with E-state index < -0.39 is 11.6 Å². The van der Waals surface area contributed by atoms with Crippen molar-refractivity contribution in [2.75, 3.05) is 0 Å². The van der Waals surface area contributed by atoms with Gasteiger partial charge in [-0.1, -0.05) is 0 Å². The second-order valence-corrected chi connectivity index (χ2v) is 4.16. The molecule has 0 saturated heterocycles. The summed E-state index contributed by atoms with van der Waals surface area (Å²) >= 11 is 0. The zero-order valence-corrected chi connectivity index (χ0v) is 9.57. The van der Waals surface area contributed by atoms with Crippen molar-refractivity contribution in [3.63, 3.8) is 0 Å². The minimum Gasteiger partial charge on any atom is -0.285 e. The molecule has 0 spiro atoms. The monoisotopic (exact) mass is 250 g/mol. The van der Waals surface area contributed by atoms with Gasteiger partial charge in [0, 0.05) is 18.6 Å². The Hall–Kier alpha value is -2.89. The van der Waals surface area contributed by atoms with Gasteiger partial charge < -0.3 is 0 Å². The molecule has 4 rings (SSSR count). The standard InChI is InChI=1S/C13H6N4O2/c18-11-7-3-1-4-14-8(7)9-10(12(11)19)17-6-2-5-15-13(17)16-9/h1-6H. The molecule has 0 N–H and O–H groups in total. The van der Waals surface area contributed by atoms with Gasteiger partial charge in [0.15, 0.2) is 0 Å². The van der Waals surface area contributed by atoms with Crippen molar-refractivity contribution in [2.45, 2.75) is 0 Å². The molecule has 0 atom stereocenters. The van der Waals surface area contributed by atoms with Crippen molar-refractivity contribution < 1.29 is 9.59 Å². The lowest BCUT2D eigenvalue weighted by atomic mass is 9.94. The number of hydrogen-bond acceptors (Lipinski definition) is 5. The highest BCUT2D eigenvalue weighted by Gasteiger charge is 2.35. The summed E-state index contributed by atoms with van der Waals surface area (Å²) in [5.41, 5.74) is 1.38. The van der Waals surface area contributed by atoms with Crippen LogP contribution in [0.2, 0.25) is 0 Å². The summed E-state index contributed by atoms with van der Waals surface area (Å²) < 4.78 is 1.52. The molecule has 3 aromatic heterocycles. The van der Waals surface area contributed by atoms with Crippen LogP contribution in [0.15, 0.2) is 36.8 Å². The first-order chi connectivity index (χ1) is 9.27. The fraction of sp³-hybridized carbons (Fsp3) is 0. The van der Waals surface area contributed by atoms with E-state index in [1.807, 2.05) is 0 Å². The van der Waals surface area contributed by atoms with Gasteiger partial charge in [0.1, 0.15) is 17.1 Å². The molecule has 0 unspecified atom stereocenters. The molecule has 1 aliphatic rings. The summed E-state index contributed by atoms with van der Waals surface area (Å²) in [4.78, 5) is 36.8. The average Bonchev–Trinajstić information content (AvgIpc) is 2.84. The first-order valence-corrected chi connectivity index (χ1v) is 5.65. The van der Waals surface area contributed by atoms with Crippen molar-refractivity contribution in [1.82, 2.24) is 19.4 Å². The summed E-state index contributed by atoms with van der Waals surface area (Å²) in [6, 6.07) is 4.90. The fourth-order valence-electron chi connectivity index (χ4n) is 2.28. The van der Waals surface area contributed by atoms with E-state index in [0.717, 1.165) is 0 Å². The maximum Gasteiger partial charge on any atom is 0.252 e. The third-order valence-corrected chi connectivity index (χ3v) is 3.10. The lowest BCUT2D eigenvalue weighted by molar-refractivity contribution is 0.0811. The number of hydrogen-bond donors (Lipinski definition) is 0. The smallest absolute Gasteiger partial charge is 0.252 e. The maximum atomic E-state index is 12.2. The molecular formula is C13H6N4O2. The lowest BCUT2D eigenvalue weighted by Gasteiger charge is -2.11. The van der Waals surface area contributed by atoms with Crippen molar-refractivity contribution in [1.29, 1.82) is 0 Å². The number of rotatable bonds is 0. The summed E-state index contributed by atoms with van der Waals surface area (Å²) in [5, 5.41) is 0. The first-order valence-electron chi connectivity index (χ1n) is 5.65. The van der Waals surface area contributed by atoms with Gasteiger partial charge in [-0.3, -0.25) is 19.0 Å². The van der Waals surface area contributed by atoms with Crippen LogP contribution < -0.4 is 0 Å². The van der Waals surface area contributed by atoms with Crippen LogP contribution in [0.3, 0.4) is 0 Å². The Labute approximate surface area is 106 Å². The van der Waals surface area contributed by atoms with Crippen LogP contribution in [0.5, 0.6) is 0 Å². The van der Waals surface area contributed by atoms with Gasteiger partial charge in [0.25, 0.3) is 5.78 Å². The molecule has 0 radical (unpaired) electrons. The van der Waals surface area contributed by atoms with Gasteiger partial charge in [0.05, 0.1) is 5.56 Å². The molecular weight excluding hydrogens is 244 g/mol. The van der Waals surface area contributed by atoms with Gasteiger partial charge in [-0.15, -0.1) is 0 Å². The molecule has 1 aliphatic carbocycles. The average molecular weight is 250 g/mol.